The molecule has 2 aromatic carbocycles. The van der Waals surface area contributed by atoms with Gasteiger partial charge in [0.2, 0.25) is 11.8 Å². The second-order valence-electron chi connectivity index (χ2n) is 6.28. The van der Waals surface area contributed by atoms with Crippen molar-refractivity contribution in [3.8, 4) is 11.3 Å². The summed E-state index contributed by atoms with van der Waals surface area (Å²) in [6, 6.07) is 19.8. The highest BCUT2D eigenvalue weighted by Gasteiger charge is 2.19. The van der Waals surface area contributed by atoms with Crippen LogP contribution in [0.2, 0.25) is 0 Å². The Bertz CT molecular complexity index is 1080. The molecule has 0 saturated carbocycles. The van der Waals surface area contributed by atoms with Crippen molar-refractivity contribution in [3.05, 3.63) is 77.5 Å². The molecular formula is C21H18N4O2S2. The van der Waals surface area contributed by atoms with Gasteiger partial charge in [0.05, 0.1) is 17.4 Å². The smallest absolute Gasteiger partial charge is 0.277 e. The van der Waals surface area contributed by atoms with Gasteiger partial charge in [0.15, 0.2) is 5.13 Å². The highest BCUT2D eigenvalue weighted by Crippen LogP contribution is 2.27. The summed E-state index contributed by atoms with van der Waals surface area (Å²) in [4.78, 5) is 17.0. The molecule has 4 rings (SSSR count). The van der Waals surface area contributed by atoms with E-state index < -0.39 is 5.25 Å². The average molecular weight is 423 g/mol. The van der Waals surface area contributed by atoms with E-state index in [1.54, 1.807) is 6.92 Å². The monoisotopic (exact) mass is 422 g/mol. The van der Waals surface area contributed by atoms with Crippen LogP contribution in [0.5, 0.6) is 0 Å². The summed E-state index contributed by atoms with van der Waals surface area (Å²) in [6.07, 6.45) is 0.566. The first-order chi connectivity index (χ1) is 14.2. The van der Waals surface area contributed by atoms with Crippen LogP contribution in [-0.4, -0.2) is 26.3 Å². The maximum absolute atomic E-state index is 12.5. The molecule has 8 heteroatoms. The van der Waals surface area contributed by atoms with Crippen molar-refractivity contribution in [1.29, 1.82) is 0 Å². The lowest BCUT2D eigenvalue weighted by Gasteiger charge is -2.07. The number of rotatable bonds is 7. The number of nitrogens with one attached hydrogen (secondary N) is 1. The van der Waals surface area contributed by atoms with Crippen molar-refractivity contribution >= 4 is 34.1 Å². The van der Waals surface area contributed by atoms with Gasteiger partial charge in [-0.3, -0.25) is 4.79 Å². The molecule has 1 unspecified atom stereocenters. The summed E-state index contributed by atoms with van der Waals surface area (Å²) < 4.78 is 5.67. The summed E-state index contributed by atoms with van der Waals surface area (Å²) in [5.41, 5.74) is 2.95. The highest BCUT2D eigenvalue weighted by atomic mass is 32.2. The Kier molecular flexibility index (Phi) is 6.02. The molecular weight excluding hydrogens is 404 g/mol. The van der Waals surface area contributed by atoms with Gasteiger partial charge < -0.3 is 9.73 Å². The molecule has 0 aliphatic rings. The predicted octanol–water partition coefficient (Wildman–Crippen LogP) is 4.90. The highest BCUT2D eigenvalue weighted by molar-refractivity contribution is 8.00. The Labute approximate surface area is 176 Å². The van der Waals surface area contributed by atoms with E-state index in [4.69, 9.17) is 4.42 Å². The number of carbonyl (C=O) groups excluding carboxylic acids is 1. The lowest BCUT2D eigenvalue weighted by molar-refractivity contribution is -0.115. The first kappa shape index (κ1) is 19.4. The first-order valence-electron chi connectivity index (χ1n) is 9.02. The van der Waals surface area contributed by atoms with Gasteiger partial charge in [-0.15, -0.1) is 21.5 Å². The van der Waals surface area contributed by atoms with E-state index in [0.717, 1.165) is 16.8 Å². The number of hydrogen-bond donors (Lipinski definition) is 1. The van der Waals surface area contributed by atoms with Crippen LogP contribution in [0.25, 0.3) is 11.3 Å². The molecule has 1 amide bonds. The third-order valence-electron chi connectivity index (χ3n) is 4.10. The zero-order valence-electron chi connectivity index (χ0n) is 15.6. The summed E-state index contributed by atoms with van der Waals surface area (Å²) in [5.74, 6) is 0.366. The molecule has 0 aliphatic carbocycles. The van der Waals surface area contributed by atoms with Crippen molar-refractivity contribution in [3.63, 3.8) is 0 Å². The standard InChI is InChI=1S/C21H18N4O2S2/c1-14(29-21-25-24-18(27-21)12-15-8-4-2-5-9-15)19(26)23-20-22-17(13-28-20)16-10-6-3-7-11-16/h2-11,13-14H,12H2,1H3,(H,22,23,26). The largest absolute Gasteiger partial charge is 0.416 e. The summed E-state index contributed by atoms with van der Waals surface area (Å²) in [5, 5.41) is 13.4. The summed E-state index contributed by atoms with van der Waals surface area (Å²) in [7, 11) is 0. The number of anilines is 1. The molecule has 2 aromatic heterocycles. The molecule has 0 radical (unpaired) electrons. The molecule has 1 atom stereocenters. The molecule has 0 bridgehead atoms. The fraction of sp³-hybridized carbons (Fsp3) is 0.143. The van der Waals surface area contributed by atoms with Crippen LogP contribution in [0.3, 0.4) is 0 Å². The molecule has 1 N–H and O–H groups in total. The third kappa shape index (κ3) is 5.10. The molecule has 146 valence electrons. The van der Waals surface area contributed by atoms with E-state index in [0.29, 0.717) is 22.7 Å². The van der Waals surface area contributed by atoms with Crippen molar-refractivity contribution in [2.24, 2.45) is 0 Å². The van der Waals surface area contributed by atoms with Crippen molar-refractivity contribution in [1.82, 2.24) is 15.2 Å². The normalized spacial score (nSPS) is 11.9. The Hall–Kier alpha value is -2.97. The number of nitrogens with zero attached hydrogens (tertiary/aromatic N) is 3. The molecule has 0 saturated heterocycles. The molecule has 0 fully saturated rings. The van der Waals surface area contributed by atoms with Crippen LogP contribution in [0.15, 0.2) is 75.7 Å². The van der Waals surface area contributed by atoms with E-state index in [-0.39, 0.29) is 5.91 Å². The maximum Gasteiger partial charge on any atom is 0.277 e. The van der Waals surface area contributed by atoms with Gasteiger partial charge in [0, 0.05) is 10.9 Å². The van der Waals surface area contributed by atoms with Gasteiger partial charge in [-0.2, -0.15) is 0 Å². The predicted molar refractivity (Wildman–Crippen MR) is 115 cm³/mol. The summed E-state index contributed by atoms with van der Waals surface area (Å²) in [6.45, 7) is 1.80. The number of aromatic nitrogens is 3. The minimum atomic E-state index is -0.399. The maximum atomic E-state index is 12.5. The Morgan fingerprint density at radius 2 is 1.83 bits per heavy atom. The van der Waals surface area contributed by atoms with Crippen LogP contribution in [0.4, 0.5) is 5.13 Å². The van der Waals surface area contributed by atoms with E-state index in [9.17, 15) is 4.79 Å². The first-order valence-corrected chi connectivity index (χ1v) is 10.8. The molecule has 2 heterocycles. The van der Waals surface area contributed by atoms with Crippen molar-refractivity contribution < 1.29 is 9.21 Å². The fourth-order valence-corrected chi connectivity index (χ4v) is 4.04. The zero-order chi connectivity index (χ0) is 20.1. The third-order valence-corrected chi connectivity index (χ3v) is 5.79. The second-order valence-corrected chi connectivity index (χ2v) is 8.43. The van der Waals surface area contributed by atoms with E-state index in [1.807, 2.05) is 66.0 Å². The van der Waals surface area contributed by atoms with Gasteiger partial charge in [-0.05, 0) is 12.5 Å². The number of carbonyl (C=O) groups is 1. The molecule has 0 spiro atoms. The van der Waals surface area contributed by atoms with Gasteiger partial charge in [0.25, 0.3) is 5.22 Å². The number of thioether (sulfide) groups is 1. The van der Waals surface area contributed by atoms with Gasteiger partial charge in [-0.1, -0.05) is 72.4 Å². The van der Waals surface area contributed by atoms with Crippen LogP contribution in [-0.2, 0) is 11.2 Å². The van der Waals surface area contributed by atoms with Gasteiger partial charge >= 0.3 is 0 Å². The van der Waals surface area contributed by atoms with Crippen LogP contribution >= 0.6 is 23.1 Å². The minimum Gasteiger partial charge on any atom is -0.416 e. The fourth-order valence-electron chi connectivity index (χ4n) is 2.61. The van der Waals surface area contributed by atoms with Crippen molar-refractivity contribution in [2.75, 3.05) is 5.32 Å². The molecule has 4 aromatic rings. The molecule has 6 nitrogen and oxygen atoms in total. The number of benzene rings is 2. The number of thiazole rings is 1. The Balaban J connectivity index is 1.34. The van der Waals surface area contributed by atoms with E-state index >= 15 is 0 Å². The lowest BCUT2D eigenvalue weighted by atomic mass is 10.2. The van der Waals surface area contributed by atoms with E-state index in [1.165, 1.54) is 23.1 Å². The molecule has 0 aliphatic heterocycles. The van der Waals surface area contributed by atoms with E-state index in [2.05, 4.69) is 20.5 Å². The number of amides is 1. The van der Waals surface area contributed by atoms with Crippen LogP contribution in [0.1, 0.15) is 18.4 Å². The average Bonchev–Trinajstić information content (AvgIpc) is 3.39. The summed E-state index contributed by atoms with van der Waals surface area (Å²) >= 11 is 2.63. The Morgan fingerprint density at radius 3 is 2.59 bits per heavy atom. The van der Waals surface area contributed by atoms with Crippen LogP contribution in [0, 0.1) is 0 Å². The second kappa shape index (κ2) is 9.02. The quantitative estimate of drug-likeness (QED) is 0.427. The van der Waals surface area contributed by atoms with Crippen LogP contribution < -0.4 is 5.32 Å². The minimum absolute atomic E-state index is 0.160. The topological polar surface area (TPSA) is 80.9 Å². The number of hydrogen-bond acceptors (Lipinski definition) is 7. The zero-order valence-corrected chi connectivity index (χ0v) is 17.2. The van der Waals surface area contributed by atoms with Gasteiger partial charge in [0.1, 0.15) is 0 Å². The lowest BCUT2D eigenvalue weighted by Crippen LogP contribution is -2.22. The van der Waals surface area contributed by atoms with Crippen molar-refractivity contribution in [2.45, 2.75) is 23.8 Å². The Morgan fingerprint density at radius 1 is 1.10 bits per heavy atom. The molecule has 29 heavy (non-hydrogen) atoms. The van der Waals surface area contributed by atoms with Gasteiger partial charge in [-0.25, -0.2) is 4.98 Å². The SMILES string of the molecule is CC(Sc1nnc(Cc2ccccc2)o1)C(=O)Nc1nc(-c2ccccc2)cs1.